The summed E-state index contributed by atoms with van der Waals surface area (Å²) in [7, 11) is 0. The predicted molar refractivity (Wildman–Crippen MR) is 73.8 cm³/mol. The summed E-state index contributed by atoms with van der Waals surface area (Å²) in [5, 5.41) is 0. The first kappa shape index (κ1) is 12.7. The molecule has 0 bridgehead atoms. The van der Waals surface area contributed by atoms with Crippen molar-refractivity contribution >= 4 is 15.9 Å². The highest BCUT2D eigenvalue weighted by Gasteiger charge is 2.40. The van der Waals surface area contributed by atoms with Crippen LogP contribution in [0.5, 0.6) is 0 Å². The van der Waals surface area contributed by atoms with Crippen molar-refractivity contribution in [3.63, 3.8) is 0 Å². The van der Waals surface area contributed by atoms with E-state index in [0.29, 0.717) is 6.10 Å². The molecule has 17 heavy (non-hydrogen) atoms. The smallest absolute Gasteiger partial charge is 0.110 e. The van der Waals surface area contributed by atoms with Crippen molar-refractivity contribution in [2.45, 2.75) is 44.8 Å². The lowest BCUT2D eigenvalue weighted by atomic mass is 10.0. The Morgan fingerprint density at radius 3 is 2.94 bits per heavy atom. The van der Waals surface area contributed by atoms with Crippen LogP contribution in [0, 0.1) is 12.3 Å². The second-order valence-corrected chi connectivity index (χ2v) is 5.38. The van der Waals surface area contributed by atoms with Crippen LogP contribution in [0.1, 0.15) is 49.8 Å². The lowest BCUT2D eigenvalue weighted by Crippen LogP contribution is -1.93. The van der Waals surface area contributed by atoms with Crippen LogP contribution in [-0.4, -0.2) is 6.10 Å². The van der Waals surface area contributed by atoms with Gasteiger partial charge in [-0.1, -0.05) is 48.0 Å². The number of epoxide rings is 1. The maximum Gasteiger partial charge on any atom is 0.110 e. The monoisotopic (exact) mass is 292 g/mol. The maximum absolute atomic E-state index is 5.73. The predicted octanol–water partition coefficient (Wildman–Crippen LogP) is 4.45. The molecule has 90 valence electrons. The molecule has 1 aliphatic heterocycles. The molecule has 0 unspecified atom stereocenters. The van der Waals surface area contributed by atoms with Crippen LogP contribution in [-0.2, 0) is 4.74 Å². The zero-order valence-corrected chi connectivity index (χ0v) is 11.7. The summed E-state index contributed by atoms with van der Waals surface area (Å²) in [5.41, 5.74) is 2.11. The largest absolute Gasteiger partial charge is 0.364 e. The Labute approximate surface area is 112 Å². The van der Waals surface area contributed by atoms with Crippen LogP contribution in [0.2, 0.25) is 0 Å². The van der Waals surface area contributed by atoms with Gasteiger partial charge in [-0.15, -0.1) is 6.42 Å². The van der Waals surface area contributed by atoms with Crippen molar-refractivity contribution in [2.24, 2.45) is 0 Å². The highest BCUT2D eigenvalue weighted by atomic mass is 79.9. The molecule has 0 N–H and O–H groups in total. The number of rotatable bonds is 5. The van der Waals surface area contributed by atoms with Crippen molar-refractivity contribution in [1.29, 1.82) is 0 Å². The van der Waals surface area contributed by atoms with Gasteiger partial charge in [0.2, 0.25) is 0 Å². The lowest BCUT2D eigenvalue weighted by Gasteiger charge is -2.02. The van der Waals surface area contributed by atoms with Gasteiger partial charge >= 0.3 is 0 Å². The van der Waals surface area contributed by atoms with Gasteiger partial charge in [0.05, 0.1) is 6.10 Å². The van der Waals surface area contributed by atoms with Crippen molar-refractivity contribution in [2.75, 3.05) is 0 Å². The molecule has 0 radical (unpaired) electrons. The van der Waals surface area contributed by atoms with Gasteiger partial charge < -0.3 is 4.74 Å². The summed E-state index contributed by atoms with van der Waals surface area (Å²) in [6.07, 6.45) is 11.0. The highest BCUT2D eigenvalue weighted by Crippen LogP contribution is 2.43. The van der Waals surface area contributed by atoms with Gasteiger partial charge in [0.1, 0.15) is 6.10 Å². The van der Waals surface area contributed by atoms with E-state index in [1.165, 1.54) is 19.3 Å². The van der Waals surface area contributed by atoms with E-state index < -0.39 is 0 Å². The fraction of sp³-hybridized carbons (Fsp3) is 0.467. The highest BCUT2D eigenvalue weighted by molar-refractivity contribution is 9.10. The standard InChI is InChI=1S/C15H17BrO/c1-3-5-6-7-14-15(17-14)13-10-12(16)9-8-11(13)4-2/h2,8-10,14-15H,3,5-7H2,1H3/t14-,15-/m0/s1. The van der Waals surface area contributed by atoms with E-state index in [1.807, 2.05) is 12.1 Å². The number of unbranched alkanes of at least 4 members (excludes halogenated alkanes) is 2. The van der Waals surface area contributed by atoms with Crippen LogP contribution in [0.3, 0.4) is 0 Å². The van der Waals surface area contributed by atoms with Gasteiger partial charge in [-0.2, -0.15) is 0 Å². The number of ether oxygens (including phenoxy) is 1. The molecule has 1 aliphatic rings. The van der Waals surface area contributed by atoms with Gasteiger partial charge in [0, 0.05) is 15.6 Å². The Bertz CT molecular complexity index is 433. The Hall–Kier alpha value is -0.780. The topological polar surface area (TPSA) is 12.5 Å². The van der Waals surface area contributed by atoms with Gasteiger partial charge in [-0.25, -0.2) is 0 Å². The molecule has 1 aromatic rings. The normalized spacial score (nSPS) is 22.2. The minimum atomic E-state index is 0.218. The van der Waals surface area contributed by atoms with Gasteiger partial charge in [0.25, 0.3) is 0 Å². The zero-order chi connectivity index (χ0) is 12.3. The molecular formula is C15H17BrO. The molecule has 2 atom stereocenters. The molecule has 0 aliphatic carbocycles. The van der Waals surface area contributed by atoms with E-state index >= 15 is 0 Å². The first-order valence-electron chi connectivity index (χ1n) is 6.17. The molecule has 2 heteroatoms. The summed E-state index contributed by atoms with van der Waals surface area (Å²) in [6, 6.07) is 6.04. The molecule has 1 aromatic carbocycles. The van der Waals surface area contributed by atoms with Crippen LogP contribution >= 0.6 is 15.9 Å². The van der Waals surface area contributed by atoms with Crippen molar-refractivity contribution in [3.05, 3.63) is 33.8 Å². The summed E-state index contributed by atoms with van der Waals surface area (Å²) in [6.45, 7) is 2.22. The van der Waals surface area contributed by atoms with E-state index in [1.54, 1.807) is 0 Å². The van der Waals surface area contributed by atoms with Crippen molar-refractivity contribution in [1.82, 2.24) is 0 Å². The first-order valence-corrected chi connectivity index (χ1v) is 6.97. The third kappa shape index (κ3) is 3.12. The first-order chi connectivity index (χ1) is 8.26. The molecule has 1 nitrogen and oxygen atoms in total. The Balaban J connectivity index is 2.00. The average Bonchev–Trinajstić information content (AvgIpc) is 3.09. The molecule has 1 fully saturated rings. The summed E-state index contributed by atoms with van der Waals surface area (Å²) >= 11 is 3.48. The summed E-state index contributed by atoms with van der Waals surface area (Å²) in [4.78, 5) is 0. The number of halogens is 1. The number of benzene rings is 1. The van der Waals surface area contributed by atoms with Crippen molar-refractivity contribution in [3.8, 4) is 12.3 Å². The third-order valence-electron chi connectivity index (χ3n) is 3.15. The molecule has 2 rings (SSSR count). The van der Waals surface area contributed by atoms with Crippen LogP contribution in [0.4, 0.5) is 0 Å². The van der Waals surface area contributed by atoms with Gasteiger partial charge in [-0.3, -0.25) is 0 Å². The van der Waals surface area contributed by atoms with E-state index in [9.17, 15) is 0 Å². The quantitative estimate of drug-likeness (QED) is 0.444. The Morgan fingerprint density at radius 1 is 1.41 bits per heavy atom. The summed E-state index contributed by atoms with van der Waals surface area (Å²) in [5.74, 6) is 2.73. The number of terminal acetylenes is 1. The molecule has 1 saturated heterocycles. The summed E-state index contributed by atoms with van der Waals surface area (Å²) < 4.78 is 6.79. The molecule has 0 amide bonds. The second-order valence-electron chi connectivity index (χ2n) is 4.47. The zero-order valence-electron chi connectivity index (χ0n) is 10.1. The maximum atomic E-state index is 5.73. The molecule has 0 spiro atoms. The van der Waals surface area contributed by atoms with E-state index in [2.05, 4.69) is 34.8 Å². The van der Waals surface area contributed by atoms with E-state index in [0.717, 1.165) is 22.0 Å². The van der Waals surface area contributed by atoms with E-state index in [-0.39, 0.29) is 6.10 Å². The molecular weight excluding hydrogens is 276 g/mol. The fourth-order valence-corrected chi connectivity index (χ4v) is 2.51. The Morgan fingerprint density at radius 2 is 2.24 bits per heavy atom. The fourth-order valence-electron chi connectivity index (χ4n) is 2.13. The SMILES string of the molecule is C#Cc1ccc(Br)cc1[C@@H]1O[C@H]1CCCCC. The minimum Gasteiger partial charge on any atom is -0.364 e. The average molecular weight is 293 g/mol. The van der Waals surface area contributed by atoms with E-state index in [4.69, 9.17) is 11.2 Å². The Kier molecular flexibility index (Phi) is 4.25. The van der Waals surface area contributed by atoms with Crippen LogP contribution in [0.25, 0.3) is 0 Å². The second kappa shape index (κ2) is 5.71. The molecule has 0 saturated carbocycles. The minimum absolute atomic E-state index is 0.218. The number of hydrogen-bond donors (Lipinski definition) is 0. The molecule has 0 aromatic heterocycles. The van der Waals surface area contributed by atoms with Gasteiger partial charge in [-0.05, 0) is 24.6 Å². The van der Waals surface area contributed by atoms with Crippen molar-refractivity contribution < 1.29 is 4.74 Å². The molecule has 1 heterocycles. The third-order valence-corrected chi connectivity index (χ3v) is 3.64. The number of hydrogen-bond acceptors (Lipinski definition) is 1. The van der Waals surface area contributed by atoms with Gasteiger partial charge in [0.15, 0.2) is 0 Å². The van der Waals surface area contributed by atoms with Crippen LogP contribution < -0.4 is 0 Å². The van der Waals surface area contributed by atoms with Crippen LogP contribution in [0.15, 0.2) is 22.7 Å². The lowest BCUT2D eigenvalue weighted by molar-refractivity contribution is 0.361.